The Kier molecular flexibility index (Phi) is 4.03. The van der Waals surface area contributed by atoms with Gasteiger partial charge in [0, 0.05) is 23.9 Å². The normalized spacial score (nSPS) is 11.2. The van der Waals surface area contributed by atoms with Gasteiger partial charge >= 0.3 is 0 Å². The fourth-order valence-electron chi connectivity index (χ4n) is 2.87. The standard InChI is InChI=1S/C21H15N3O2/c25-24(26)18-12-9-16(10-13-18)11-14-20-22-21(17-6-2-1-3-7-17)19-8-4-5-15-23(19)20/h1-15H/b14-11+. The van der Waals surface area contributed by atoms with Crippen molar-refractivity contribution in [2.24, 2.45) is 0 Å². The highest BCUT2D eigenvalue weighted by Gasteiger charge is 2.10. The number of benzene rings is 2. The van der Waals surface area contributed by atoms with Crippen molar-refractivity contribution < 1.29 is 4.92 Å². The van der Waals surface area contributed by atoms with Crippen molar-refractivity contribution in [1.82, 2.24) is 9.38 Å². The lowest BCUT2D eigenvalue weighted by molar-refractivity contribution is -0.384. The van der Waals surface area contributed by atoms with Crippen LogP contribution in [0.25, 0.3) is 28.9 Å². The summed E-state index contributed by atoms with van der Waals surface area (Å²) >= 11 is 0. The van der Waals surface area contributed by atoms with Gasteiger partial charge in [-0.3, -0.25) is 14.5 Å². The monoisotopic (exact) mass is 341 g/mol. The van der Waals surface area contributed by atoms with Gasteiger partial charge in [0.05, 0.1) is 16.1 Å². The van der Waals surface area contributed by atoms with E-state index in [4.69, 9.17) is 4.98 Å². The third kappa shape index (κ3) is 2.98. The first-order valence-electron chi connectivity index (χ1n) is 8.17. The predicted molar refractivity (Wildman–Crippen MR) is 103 cm³/mol. The average molecular weight is 341 g/mol. The van der Waals surface area contributed by atoms with E-state index in [1.807, 2.05) is 71.3 Å². The molecule has 0 saturated heterocycles. The van der Waals surface area contributed by atoms with Crippen molar-refractivity contribution in [2.45, 2.75) is 0 Å². The summed E-state index contributed by atoms with van der Waals surface area (Å²) in [5, 5.41) is 10.7. The molecule has 4 aromatic rings. The molecule has 0 N–H and O–H groups in total. The maximum atomic E-state index is 10.7. The van der Waals surface area contributed by atoms with Gasteiger partial charge in [-0.1, -0.05) is 42.5 Å². The molecular formula is C21H15N3O2. The molecule has 2 aromatic carbocycles. The minimum absolute atomic E-state index is 0.0831. The highest BCUT2D eigenvalue weighted by Crippen LogP contribution is 2.25. The van der Waals surface area contributed by atoms with Gasteiger partial charge in [0.2, 0.25) is 0 Å². The number of pyridine rings is 1. The minimum Gasteiger partial charge on any atom is -0.300 e. The molecule has 2 heterocycles. The van der Waals surface area contributed by atoms with E-state index >= 15 is 0 Å². The molecule has 0 aliphatic carbocycles. The van der Waals surface area contributed by atoms with E-state index in [-0.39, 0.29) is 5.69 Å². The molecule has 26 heavy (non-hydrogen) atoms. The number of hydrogen-bond donors (Lipinski definition) is 0. The Hall–Kier alpha value is -3.73. The zero-order chi connectivity index (χ0) is 17.9. The molecule has 5 nitrogen and oxygen atoms in total. The second-order valence-electron chi connectivity index (χ2n) is 5.82. The summed E-state index contributed by atoms with van der Waals surface area (Å²) in [7, 11) is 0. The van der Waals surface area contributed by atoms with Crippen molar-refractivity contribution in [2.75, 3.05) is 0 Å². The van der Waals surface area contributed by atoms with E-state index < -0.39 is 4.92 Å². The summed E-state index contributed by atoms with van der Waals surface area (Å²) in [5.41, 5.74) is 3.98. The van der Waals surface area contributed by atoms with Crippen LogP contribution in [0.3, 0.4) is 0 Å². The van der Waals surface area contributed by atoms with Gasteiger partial charge < -0.3 is 0 Å². The molecule has 0 saturated carbocycles. The van der Waals surface area contributed by atoms with E-state index in [1.165, 1.54) is 12.1 Å². The fourth-order valence-corrected chi connectivity index (χ4v) is 2.87. The topological polar surface area (TPSA) is 60.4 Å². The van der Waals surface area contributed by atoms with Crippen molar-refractivity contribution in [1.29, 1.82) is 0 Å². The minimum atomic E-state index is -0.401. The van der Waals surface area contributed by atoms with Crippen LogP contribution >= 0.6 is 0 Å². The molecule has 2 aromatic heterocycles. The van der Waals surface area contributed by atoms with E-state index in [9.17, 15) is 10.1 Å². The molecule has 0 aliphatic rings. The Bertz CT molecular complexity index is 1100. The van der Waals surface area contributed by atoms with Gasteiger partial charge in [-0.15, -0.1) is 0 Å². The van der Waals surface area contributed by atoms with E-state index in [0.29, 0.717) is 0 Å². The molecule has 0 amide bonds. The predicted octanol–water partition coefficient (Wildman–Crippen LogP) is 5.08. The maximum Gasteiger partial charge on any atom is 0.269 e. The fraction of sp³-hybridized carbons (Fsp3) is 0. The van der Waals surface area contributed by atoms with E-state index in [1.54, 1.807) is 12.1 Å². The van der Waals surface area contributed by atoms with Crippen LogP contribution in [0.2, 0.25) is 0 Å². The number of non-ortho nitro benzene ring substituents is 1. The van der Waals surface area contributed by atoms with Crippen LogP contribution in [0.1, 0.15) is 11.4 Å². The Morgan fingerprint density at radius 1 is 0.885 bits per heavy atom. The Morgan fingerprint density at radius 3 is 2.35 bits per heavy atom. The number of imidazole rings is 1. The summed E-state index contributed by atoms with van der Waals surface area (Å²) in [6.07, 6.45) is 5.80. The van der Waals surface area contributed by atoms with Gasteiger partial charge in [0.25, 0.3) is 5.69 Å². The number of aromatic nitrogens is 2. The molecule has 0 fully saturated rings. The summed E-state index contributed by atoms with van der Waals surface area (Å²) < 4.78 is 2.03. The molecule has 0 radical (unpaired) electrons. The second kappa shape index (κ2) is 6.64. The summed E-state index contributed by atoms with van der Waals surface area (Å²) in [5.74, 6) is 0.804. The molecule has 0 unspecified atom stereocenters. The molecule has 0 aliphatic heterocycles. The zero-order valence-electron chi connectivity index (χ0n) is 13.8. The average Bonchev–Trinajstić information content (AvgIpc) is 3.06. The van der Waals surface area contributed by atoms with Crippen molar-refractivity contribution in [3.63, 3.8) is 0 Å². The number of hydrogen-bond acceptors (Lipinski definition) is 3. The van der Waals surface area contributed by atoms with Crippen LogP contribution in [-0.4, -0.2) is 14.3 Å². The second-order valence-corrected chi connectivity index (χ2v) is 5.82. The number of nitro benzene ring substituents is 1. The molecule has 126 valence electrons. The van der Waals surface area contributed by atoms with Crippen LogP contribution in [0.4, 0.5) is 5.69 Å². The molecule has 4 rings (SSSR count). The highest BCUT2D eigenvalue weighted by atomic mass is 16.6. The van der Waals surface area contributed by atoms with Crippen LogP contribution < -0.4 is 0 Å². The SMILES string of the molecule is O=[N+]([O-])c1ccc(/C=C/c2nc(-c3ccccc3)c3ccccn23)cc1. The Labute approximate surface area is 150 Å². The Morgan fingerprint density at radius 2 is 1.62 bits per heavy atom. The van der Waals surface area contributed by atoms with Gasteiger partial charge in [0.15, 0.2) is 0 Å². The lowest BCUT2D eigenvalue weighted by Crippen LogP contribution is -1.87. The van der Waals surface area contributed by atoms with Gasteiger partial charge in [-0.25, -0.2) is 4.98 Å². The van der Waals surface area contributed by atoms with Crippen molar-refractivity contribution >= 4 is 23.4 Å². The summed E-state index contributed by atoms with van der Waals surface area (Å²) in [6.45, 7) is 0. The van der Waals surface area contributed by atoms with Crippen molar-refractivity contribution in [3.8, 4) is 11.3 Å². The van der Waals surface area contributed by atoms with Crippen LogP contribution in [0, 0.1) is 10.1 Å². The first kappa shape index (κ1) is 15.8. The van der Waals surface area contributed by atoms with Crippen LogP contribution in [0.5, 0.6) is 0 Å². The molecule has 0 spiro atoms. The van der Waals surface area contributed by atoms with Gasteiger partial charge in [-0.05, 0) is 35.9 Å². The zero-order valence-corrected chi connectivity index (χ0v) is 13.8. The largest absolute Gasteiger partial charge is 0.300 e. The van der Waals surface area contributed by atoms with E-state index in [2.05, 4.69) is 0 Å². The van der Waals surface area contributed by atoms with Gasteiger partial charge in [0.1, 0.15) is 5.82 Å². The van der Waals surface area contributed by atoms with Gasteiger partial charge in [-0.2, -0.15) is 0 Å². The molecule has 0 bridgehead atoms. The first-order valence-corrected chi connectivity index (χ1v) is 8.17. The Balaban J connectivity index is 1.74. The smallest absolute Gasteiger partial charge is 0.269 e. The first-order chi connectivity index (χ1) is 12.7. The van der Waals surface area contributed by atoms with Crippen LogP contribution in [-0.2, 0) is 0 Å². The molecular weight excluding hydrogens is 326 g/mol. The van der Waals surface area contributed by atoms with Crippen LogP contribution in [0.15, 0.2) is 79.0 Å². The van der Waals surface area contributed by atoms with E-state index in [0.717, 1.165) is 28.2 Å². The number of rotatable bonds is 4. The quantitative estimate of drug-likeness (QED) is 0.384. The number of nitro groups is 1. The number of nitrogens with zero attached hydrogens (tertiary/aromatic N) is 3. The molecule has 5 heteroatoms. The van der Waals surface area contributed by atoms with Crippen molar-refractivity contribution in [3.05, 3.63) is 100 Å². The lowest BCUT2D eigenvalue weighted by Gasteiger charge is -1.98. The third-order valence-corrected chi connectivity index (χ3v) is 4.15. The summed E-state index contributed by atoms with van der Waals surface area (Å²) in [6, 6.07) is 22.5. The summed E-state index contributed by atoms with van der Waals surface area (Å²) in [4.78, 5) is 15.1. The third-order valence-electron chi connectivity index (χ3n) is 4.15. The highest BCUT2D eigenvalue weighted by molar-refractivity contribution is 5.80. The number of fused-ring (bicyclic) bond motifs is 1. The maximum absolute atomic E-state index is 10.7. The molecule has 0 atom stereocenters. The lowest BCUT2D eigenvalue weighted by atomic mass is 10.1.